The van der Waals surface area contributed by atoms with Crippen molar-refractivity contribution in [2.24, 2.45) is 5.92 Å². The number of benzene rings is 1. The van der Waals surface area contributed by atoms with E-state index in [-0.39, 0.29) is 17.9 Å². The molecule has 1 aliphatic heterocycles. The first-order valence-electron chi connectivity index (χ1n) is 10.5. The lowest BCUT2D eigenvalue weighted by Crippen LogP contribution is -2.36. The van der Waals surface area contributed by atoms with Crippen LogP contribution in [0, 0.1) is 12.8 Å². The number of aryl methyl sites for hydroxylation is 1. The van der Waals surface area contributed by atoms with Crippen molar-refractivity contribution in [3.8, 4) is 10.7 Å². The van der Waals surface area contributed by atoms with E-state index in [9.17, 15) is 9.59 Å². The van der Waals surface area contributed by atoms with Gasteiger partial charge in [0.05, 0.1) is 21.5 Å². The van der Waals surface area contributed by atoms with Gasteiger partial charge in [-0.25, -0.2) is 9.78 Å². The van der Waals surface area contributed by atoms with E-state index in [1.54, 1.807) is 16.2 Å². The Morgan fingerprint density at radius 3 is 2.84 bits per heavy atom. The fourth-order valence-corrected chi connectivity index (χ4v) is 4.44. The molecule has 1 fully saturated rings. The summed E-state index contributed by atoms with van der Waals surface area (Å²) in [7, 11) is 0. The van der Waals surface area contributed by atoms with E-state index in [1.165, 1.54) is 0 Å². The number of fused-ring (bicyclic) bond motifs is 1. The van der Waals surface area contributed by atoms with E-state index in [0.29, 0.717) is 25.2 Å². The number of imidazole rings is 1. The number of thiophene rings is 1. The third-order valence-electron chi connectivity index (χ3n) is 5.33. The summed E-state index contributed by atoms with van der Waals surface area (Å²) in [5, 5.41) is 5.05. The summed E-state index contributed by atoms with van der Waals surface area (Å²) in [4.78, 5) is 36.0. The van der Waals surface area contributed by atoms with E-state index < -0.39 is 5.60 Å². The van der Waals surface area contributed by atoms with Crippen molar-refractivity contribution in [3.63, 3.8) is 0 Å². The number of likely N-dealkylation sites (tertiary alicyclic amines) is 1. The second kappa shape index (κ2) is 8.34. The van der Waals surface area contributed by atoms with Gasteiger partial charge in [0.15, 0.2) is 0 Å². The highest BCUT2D eigenvalue weighted by Crippen LogP contribution is 2.28. The maximum Gasteiger partial charge on any atom is 0.410 e. The van der Waals surface area contributed by atoms with Gasteiger partial charge in [-0.2, -0.15) is 0 Å². The van der Waals surface area contributed by atoms with E-state index in [0.717, 1.165) is 33.7 Å². The van der Waals surface area contributed by atoms with E-state index in [2.05, 4.69) is 10.3 Å². The average molecular weight is 441 g/mol. The molecule has 7 nitrogen and oxygen atoms in total. The minimum atomic E-state index is -0.508. The van der Waals surface area contributed by atoms with E-state index in [1.807, 2.05) is 57.3 Å². The van der Waals surface area contributed by atoms with E-state index in [4.69, 9.17) is 9.72 Å². The molecule has 2 N–H and O–H groups in total. The maximum absolute atomic E-state index is 13.0. The highest BCUT2D eigenvalue weighted by Gasteiger charge is 2.30. The molecule has 1 aliphatic rings. The Balaban J connectivity index is 1.43. The topological polar surface area (TPSA) is 87.3 Å². The van der Waals surface area contributed by atoms with Crippen LogP contribution in [0.5, 0.6) is 0 Å². The fraction of sp³-hybridized carbons (Fsp3) is 0.435. The molecule has 1 saturated heterocycles. The van der Waals surface area contributed by atoms with Crippen molar-refractivity contribution in [2.75, 3.05) is 19.6 Å². The van der Waals surface area contributed by atoms with Gasteiger partial charge < -0.3 is 19.9 Å². The highest BCUT2D eigenvalue weighted by molar-refractivity contribution is 7.13. The zero-order valence-corrected chi connectivity index (χ0v) is 19.1. The first-order valence-corrected chi connectivity index (χ1v) is 11.4. The van der Waals surface area contributed by atoms with Crippen LogP contribution < -0.4 is 5.32 Å². The molecule has 1 aromatic carbocycles. The second-order valence-electron chi connectivity index (χ2n) is 9.01. The van der Waals surface area contributed by atoms with Crippen molar-refractivity contribution >= 4 is 34.4 Å². The SMILES string of the molecule is Cc1ccc(C(=O)NCC2CCN(C(=O)OC(C)(C)C)C2)c2[nH]c(-c3cccs3)nc12. The van der Waals surface area contributed by atoms with Crippen LogP contribution in [0.15, 0.2) is 29.6 Å². The van der Waals surface area contributed by atoms with Gasteiger partial charge in [-0.05, 0) is 63.1 Å². The molecule has 2 aromatic heterocycles. The Morgan fingerprint density at radius 2 is 2.13 bits per heavy atom. The molecule has 0 radical (unpaired) electrons. The number of carbonyl (C=O) groups excluding carboxylic acids is 2. The molecule has 8 heteroatoms. The summed E-state index contributed by atoms with van der Waals surface area (Å²) in [5.41, 5.74) is 2.66. The van der Waals surface area contributed by atoms with Crippen LogP contribution in [-0.2, 0) is 4.74 Å². The minimum Gasteiger partial charge on any atom is -0.444 e. The Labute approximate surface area is 185 Å². The first kappa shape index (κ1) is 21.4. The summed E-state index contributed by atoms with van der Waals surface area (Å²) < 4.78 is 5.45. The molecule has 3 aromatic rings. The number of nitrogens with zero attached hydrogens (tertiary/aromatic N) is 2. The molecule has 0 aliphatic carbocycles. The standard InChI is InChI=1S/C23H28N4O3S/c1-14-7-8-16(19-18(14)25-20(26-19)17-6-5-11-31-17)21(28)24-12-15-9-10-27(13-15)22(29)30-23(2,3)4/h5-8,11,15H,9-10,12-13H2,1-4H3,(H,24,28)(H,25,26). The average Bonchev–Trinajstić information content (AvgIpc) is 3.44. The van der Waals surface area contributed by atoms with Crippen LogP contribution in [0.1, 0.15) is 43.1 Å². The van der Waals surface area contributed by atoms with E-state index >= 15 is 0 Å². The number of aromatic amines is 1. The molecule has 4 rings (SSSR count). The van der Waals surface area contributed by atoms with Gasteiger partial charge in [-0.15, -0.1) is 11.3 Å². The molecule has 31 heavy (non-hydrogen) atoms. The molecule has 1 unspecified atom stereocenters. The summed E-state index contributed by atoms with van der Waals surface area (Å²) in [6, 6.07) is 7.75. The molecular formula is C23H28N4O3S. The normalized spacial score (nSPS) is 16.6. The molecule has 3 heterocycles. The zero-order chi connectivity index (χ0) is 22.2. The number of carbonyl (C=O) groups is 2. The summed E-state index contributed by atoms with van der Waals surface area (Å²) in [6.45, 7) is 9.33. The Kier molecular flexibility index (Phi) is 5.75. The Morgan fingerprint density at radius 1 is 1.32 bits per heavy atom. The number of H-pyrrole nitrogens is 1. The number of amides is 2. The Hall–Kier alpha value is -2.87. The van der Waals surface area contributed by atoms with Crippen LogP contribution >= 0.6 is 11.3 Å². The van der Waals surface area contributed by atoms with Gasteiger partial charge in [0, 0.05) is 19.6 Å². The number of hydrogen-bond acceptors (Lipinski definition) is 5. The number of hydrogen-bond donors (Lipinski definition) is 2. The van der Waals surface area contributed by atoms with Crippen LogP contribution in [0.3, 0.4) is 0 Å². The van der Waals surface area contributed by atoms with Crippen LogP contribution in [0.4, 0.5) is 4.79 Å². The van der Waals surface area contributed by atoms with Crippen molar-refractivity contribution in [1.82, 2.24) is 20.2 Å². The van der Waals surface area contributed by atoms with Crippen molar-refractivity contribution < 1.29 is 14.3 Å². The fourth-order valence-electron chi connectivity index (χ4n) is 3.77. The van der Waals surface area contributed by atoms with Crippen molar-refractivity contribution in [3.05, 3.63) is 40.8 Å². The molecule has 1 atom stereocenters. The largest absolute Gasteiger partial charge is 0.444 e. The number of ether oxygens (including phenoxy) is 1. The predicted molar refractivity (Wildman–Crippen MR) is 122 cm³/mol. The minimum absolute atomic E-state index is 0.137. The van der Waals surface area contributed by atoms with Gasteiger partial charge in [0.2, 0.25) is 0 Å². The summed E-state index contributed by atoms with van der Waals surface area (Å²) >= 11 is 1.61. The van der Waals surface area contributed by atoms with Gasteiger partial charge in [0.25, 0.3) is 5.91 Å². The molecule has 0 bridgehead atoms. The highest BCUT2D eigenvalue weighted by atomic mass is 32.1. The van der Waals surface area contributed by atoms with Gasteiger partial charge in [0.1, 0.15) is 11.4 Å². The quantitative estimate of drug-likeness (QED) is 0.621. The Bertz CT molecular complexity index is 1100. The van der Waals surface area contributed by atoms with Crippen LogP contribution in [0.25, 0.3) is 21.7 Å². The van der Waals surface area contributed by atoms with Gasteiger partial charge in [-0.3, -0.25) is 4.79 Å². The molecule has 2 amide bonds. The lowest BCUT2D eigenvalue weighted by atomic mass is 10.1. The maximum atomic E-state index is 13.0. The number of rotatable bonds is 4. The monoisotopic (exact) mass is 440 g/mol. The molecule has 164 valence electrons. The summed E-state index contributed by atoms with van der Waals surface area (Å²) in [6.07, 6.45) is 0.551. The lowest BCUT2D eigenvalue weighted by Gasteiger charge is -2.24. The zero-order valence-electron chi connectivity index (χ0n) is 18.3. The van der Waals surface area contributed by atoms with Gasteiger partial charge in [-0.1, -0.05) is 12.1 Å². The van der Waals surface area contributed by atoms with Crippen LogP contribution in [-0.4, -0.2) is 52.1 Å². The predicted octanol–water partition coefficient (Wildman–Crippen LogP) is 4.59. The first-order chi connectivity index (χ1) is 14.7. The van der Waals surface area contributed by atoms with Crippen LogP contribution in [0.2, 0.25) is 0 Å². The third kappa shape index (κ3) is 4.74. The smallest absolute Gasteiger partial charge is 0.410 e. The van der Waals surface area contributed by atoms with Crippen molar-refractivity contribution in [2.45, 2.75) is 39.7 Å². The molecular weight excluding hydrogens is 412 g/mol. The lowest BCUT2D eigenvalue weighted by molar-refractivity contribution is 0.0288. The third-order valence-corrected chi connectivity index (χ3v) is 6.21. The molecule has 0 saturated carbocycles. The number of nitrogens with one attached hydrogen (secondary N) is 2. The number of aromatic nitrogens is 2. The molecule has 0 spiro atoms. The summed E-state index contributed by atoms with van der Waals surface area (Å²) in [5.74, 6) is 0.847. The van der Waals surface area contributed by atoms with Gasteiger partial charge >= 0.3 is 6.09 Å². The van der Waals surface area contributed by atoms with Crippen molar-refractivity contribution in [1.29, 1.82) is 0 Å². The second-order valence-corrected chi connectivity index (χ2v) is 9.96.